The van der Waals surface area contributed by atoms with Gasteiger partial charge in [-0.1, -0.05) is 176 Å². The zero-order chi connectivity index (χ0) is 43.8. The number of benzene rings is 11. The first kappa shape index (κ1) is 38.9. The maximum atomic E-state index is 6.27. The second-order valence-electron chi connectivity index (χ2n) is 17.0. The summed E-state index contributed by atoms with van der Waals surface area (Å²) >= 11 is 0. The van der Waals surface area contributed by atoms with E-state index in [0.717, 1.165) is 55.7 Å². The monoisotopic (exact) mass is 841 g/mol. The van der Waals surface area contributed by atoms with E-state index < -0.39 is 0 Å². The molecular formula is C64H43NO. The molecule has 0 spiro atoms. The predicted octanol–water partition coefficient (Wildman–Crippen LogP) is 18.2. The van der Waals surface area contributed by atoms with Crippen LogP contribution in [-0.4, -0.2) is 0 Å². The highest BCUT2D eigenvalue weighted by molar-refractivity contribution is 6.06. The molecule has 0 radical (unpaired) electrons. The van der Waals surface area contributed by atoms with Crippen molar-refractivity contribution < 1.29 is 4.42 Å². The molecule has 0 aliphatic heterocycles. The molecule has 0 amide bonds. The lowest BCUT2D eigenvalue weighted by molar-refractivity contribution is 0.669. The van der Waals surface area contributed by atoms with E-state index in [0.29, 0.717) is 0 Å². The van der Waals surface area contributed by atoms with Gasteiger partial charge in [-0.15, -0.1) is 0 Å². The van der Waals surface area contributed by atoms with Gasteiger partial charge in [-0.2, -0.15) is 0 Å². The van der Waals surface area contributed by atoms with Crippen molar-refractivity contribution >= 4 is 49.8 Å². The summed E-state index contributed by atoms with van der Waals surface area (Å²) in [4.78, 5) is 2.35. The van der Waals surface area contributed by atoms with Gasteiger partial charge in [0.1, 0.15) is 11.2 Å². The molecule has 11 aromatic carbocycles. The lowest BCUT2D eigenvalue weighted by Crippen LogP contribution is -2.09. The molecule has 0 unspecified atom stereocenters. The summed E-state index contributed by atoms with van der Waals surface area (Å²) in [5.74, 6) is 0. The third kappa shape index (κ3) is 7.51. The molecular weight excluding hydrogens is 799 g/mol. The van der Waals surface area contributed by atoms with E-state index in [4.69, 9.17) is 4.42 Å². The van der Waals surface area contributed by atoms with Crippen molar-refractivity contribution in [3.05, 3.63) is 261 Å². The SMILES string of the molecule is c1ccc(-c2cc(-c3ccccc3)cc(-c3ccc(N(c4ccc(-c5cccc(-c6ccc7ccccc7c6)c5)cc4)c4ccc(-c5ccc6c(c5)oc5ccccc56)cc4)cc3)c2)cc1. The van der Waals surface area contributed by atoms with Crippen molar-refractivity contribution in [3.8, 4) is 66.8 Å². The lowest BCUT2D eigenvalue weighted by atomic mass is 9.93. The van der Waals surface area contributed by atoms with Gasteiger partial charge in [-0.05, 0) is 162 Å². The predicted molar refractivity (Wildman–Crippen MR) is 279 cm³/mol. The normalized spacial score (nSPS) is 11.3. The van der Waals surface area contributed by atoms with E-state index in [2.05, 4.69) is 254 Å². The number of para-hydroxylation sites is 1. The van der Waals surface area contributed by atoms with Crippen LogP contribution in [0.2, 0.25) is 0 Å². The maximum Gasteiger partial charge on any atom is 0.136 e. The Bertz CT molecular complexity index is 3610. The summed E-state index contributed by atoms with van der Waals surface area (Å²) in [6, 6.07) is 94.0. The van der Waals surface area contributed by atoms with Gasteiger partial charge in [-0.25, -0.2) is 0 Å². The van der Waals surface area contributed by atoms with Crippen LogP contribution in [0.15, 0.2) is 265 Å². The average molecular weight is 842 g/mol. The highest BCUT2D eigenvalue weighted by atomic mass is 16.3. The molecule has 0 aliphatic carbocycles. The standard InChI is InChI=1S/C64H43NO/c1-3-12-44(13-4-1)55-40-56(45-14-5-2-6-15-45)42-57(41-55)49-28-35-60(36-29-49)65(59-33-26-48(27-34-59)54-30-37-62-61-20-9-10-21-63(61)66-64(62)43-54)58-31-24-47(25-32-58)51-18-11-19-52(38-51)53-23-22-46-16-7-8-17-50(46)39-53/h1-43H. The van der Waals surface area contributed by atoms with Crippen molar-refractivity contribution in [3.63, 3.8) is 0 Å². The number of hydrogen-bond donors (Lipinski definition) is 0. The van der Waals surface area contributed by atoms with Crippen LogP contribution < -0.4 is 4.90 Å². The van der Waals surface area contributed by atoms with Crippen molar-refractivity contribution in [1.29, 1.82) is 0 Å². The molecule has 310 valence electrons. The van der Waals surface area contributed by atoms with E-state index in [1.807, 2.05) is 12.1 Å². The Morgan fingerprint density at radius 3 is 1.18 bits per heavy atom. The van der Waals surface area contributed by atoms with Gasteiger partial charge in [0, 0.05) is 27.8 Å². The second-order valence-corrected chi connectivity index (χ2v) is 17.0. The Hall–Kier alpha value is -8.72. The number of hydrogen-bond acceptors (Lipinski definition) is 2. The minimum Gasteiger partial charge on any atom is -0.456 e. The fourth-order valence-corrected chi connectivity index (χ4v) is 9.40. The van der Waals surface area contributed by atoms with Crippen LogP contribution in [-0.2, 0) is 0 Å². The van der Waals surface area contributed by atoms with Gasteiger partial charge in [0.05, 0.1) is 0 Å². The molecule has 12 aromatic rings. The minimum absolute atomic E-state index is 0.896. The Morgan fingerprint density at radius 1 is 0.212 bits per heavy atom. The maximum absolute atomic E-state index is 6.27. The van der Waals surface area contributed by atoms with E-state index in [1.54, 1.807) is 0 Å². The van der Waals surface area contributed by atoms with Gasteiger partial charge in [0.15, 0.2) is 0 Å². The zero-order valence-corrected chi connectivity index (χ0v) is 36.2. The van der Waals surface area contributed by atoms with E-state index in [1.165, 1.54) is 60.8 Å². The van der Waals surface area contributed by atoms with E-state index >= 15 is 0 Å². The van der Waals surface area contributed by atoms with Crippen molar-refractivity contribution in [2.45, 2.75) is 0 Å². The van der Waals surface area contributed by atoms with Crippen LogP contribution >= 0.6 is 0 Å². The molecule has 1 heterocycles. The van der Waals surface area contributed by atoms with Crippen LogP contribution in [0.1, 0.15) is 0 Å². The van der Waals surface area contributed by atoms with Crippen molar-refractivity contribution in [2.24, 2.45) is 0 Å². The van der Waals surface area contributed by atoms with Gasteiger partial charge >= 0.3 is 0 Å². The molecule has 1 aromatic heterocycles. The van der Waals surface area contributed by atoms with Crippen LogP contribution in [0.25, 0.3) is 99.5 Å². The fraction of sp³-hybridized carbons (Fsp3) is 0. The summed E-state index contributed by atoms with van der Waals surface area (Å²) in [6.07, 6.45) is 0. The summed E-state index contributed by atoms with van der Waals surface area (Å²) in [7, 11) is 0. The molecule has 2 heteroatoms. The first-order valence-corrected chi connectivity index (χ1v) is 22.5. The number of anilines is 3. The average Bonchev–Trinajstić information content (AvgIpc) is 3.78. The number of furan rings is 1. The smallest absolute Gasteiger partial charge is 0.136 e. The number of rotatable bonds is 9. The van der Waals surface area contributed by atoms with Crippen LogP contribution in [0.4, 0.5) is 17.1 Å². The van der Waals surface area contributed by atoms with Crippen molar-refractivity contribution in [2.75, 3.05) is 4.90 Å². The van der Waals surface area contributed by atoms with Crippen LogP contribution in [0.5, 0.6) is 0 Å². The molecule has 0 saturated carbocycles. The third-order valence-electron chi connectivity index (χ3n) is 12.8. The molecule has 0 saturated heterocycles. The molecule has 0 aliphatic rings. The summed E-state index contributed by atoms with van der Waals surface area (Å²) in [5, 5.41) is 4.77. The van der Waals surface area contributed by atoms with Gasteiger partial charge < -0.3 is 9.32 Å². The Kier molecular flexibility index (Phi) is 9.89. The highest BCUT2D eigenvalue weighted by Gasteiger charge is 2.16. The molecule has 12 rings (SSSR count). The molecule has 0 bridgehead atoms. The number of fused-ring (bicyclic) bond motifs is 4. The quantitative estimate of drug-likeness (QED) is 0.144. The molecule has 0 atom stereocenters. The lowest BCUT2D eigenvalue weighted by Gasteiger charge is -2.26. The zero-order valence-electron chi connectivity index (χ0n) is 36.2. The minimum atomic E-state index is 0.896. The topological polar surface area (TPSA) is 16.4 Å². The Balaban J connectivity index is 0.910. The van der Waals surface area contributed by atoms with E-state index in [9.17, 15) is 0 Å². The van der Waals surface area contributed by atoms with Gasteiger partial charge in [0.25, 0.3) is 0 Å². The highest BCUT2D eigenvalue weighted by Crippen LogP contribution is 2.40. The molecule has 66 heavy (non-hydrogen) atoms. The van der Waals surface area contributed by atoms with Crippen LogP contribution in [0.3, 0.4) is 0 Å². The molecule has 0 fully saturated rings. The fourth-order valence-electron chi connectivity index (χ4n) is 9.40. The Labute approximate surface area is 384 Å². The Morgan fingerprint density at radius 2 is 0.591 bits per heavy atom. The largest absolute Gasteiger partial charge is 0.456 e. The first-order chi connectivity index (χ1) is 32.7. The van der Waals surface area contributed by atoms with Gasteiger partial charge in [-0.3, -0.25) is 0 Å². The second kappa shape index (κ2) is 16.8. The summed E-state index contributed by atoms with van der Waals surface area (Å²) in [5.41, 5.74) is 19.2. The number of nitrogens with zero attached hydrogens (tertiary/aromatic N) is 1. The van der Waals surface area contributed by atoms with Crippen LogP contribution in [0, 0.1) is 0 Å². The molecule has 2 nitrogen and oxygen atoms in total. The third-order valence-corrected chi connectivity index (χ3v) is 12.8. The first-order valence-electron chi connectivity index (χ1n) is 22.5. The van der Waals surface area contributed by atoms with Crippen molar-refractivity contribution in [1.82, 2.24) is 0 Å². The summed E-state index contributed by atoms with van der Waals surface area (Å²) < 4.78 is 6.27. The van der Waals surface area contributed by atoms with Gasteiger partial charge in [0.2, 0.25) is 0 Å². The van der Waals surface area contributed by atoms with E-state index in [-0.39, 0.29) is 0 Å². The summed E-state index contributed by atoms with van der Waals surface area (Å²) in [6.45, 7) is 0. The molecule has 0 N–H and O–H groups in total.